The van der Waals surface area contributed by atoms with Crippen molar-refractivity contribution in [2.75, 3.05) is 13.2 Å². The summed E-state index contributed by atoms with van der Waals surface area (Å²) in [6.45, 7) is 2.40. The van der Waals surface area contributed by atoms with Gasteiger partial charge in [-0.15, -0.1) is 11.3 Å². The number of aliphatic hydroxyl groups is 1. The predicted octanol–water partition coefficient (Wildman–Crippen LogP) is 3.25. The van der Waals surface area contributed by atoms with E-state index in [0.717, 1.165) is 19.5 Å². The second-order valence-electron chi connectivity index (χ2n) is 5.06. The Morgan fingerprint density at radius 1 is 1.28 bits per heavy atom. The van der Waals surface area contributed by atoms with Crippen LogP contribution in [0, 0.1) is 0 Å². The molecule has 3 heteroatoms. The van der Waals surface area contributed by atoms with Crippen molar-refractivity contribution < 1.29 is 5.11 Å². The molecule has 0 aliphatic carbocycles. The highest BCUT2D eigenvalue weighted by molar-refractivity contribution is 7.17. The lowest BCUT2D eigenvalue weighted by atomic mass is 10.0. The van der Waals surface area contributed by atoms with Crippen molar-refractivity contribution in [3.05, 3.63) is 35.2 Å². The molecular formula is C15H19NOS. The second kappa shape index (κ2) is 5.39. The number of piperidine rings is 1. The topological polar surface area (TPSA) is 23.5 Å². The molecule has 1 aromatic heterocycles. The van der Waals surface area contributed by atoms with Crippen LogP contribution in [-0.4, -0.2) is 29.2 Å². The van der Waals surface area contributed by atoms with Crippen LogP contribution in [0.3, 0.4) is 0 Å². The van der Waals surface area contributed by atoms with Gasteiger partial charge in [0.15, 0.2) is 0 Å². The third-order valence-electron chi connectivity index (χ3n) is 3.89. The quantitative estimate of drug-likeness (QED) is 0.917. The highest BCUT2D eigenvalue weighted by atomic mass is 32.1. The average molecular weight is 261 g/mol. The molecule has 3 rings (SSSR count). The van der Waals surface area contributed by atoms with E-state index in [4.69, 9.17) is 0 Å². The summed E-state index contributed by atoms with van der Waals surface area (Å²) < 4.78 is 1.37. The fourth-order valence-electron chi connectivity index (χ4n) is 2.85. The Kier molecular flexibility index (Phi) is 3.64. The molecule has 0 saturated carbocycles. The van der Waals surface area contributed by atoms with E-state index < -0.39 is 0 Å². The third kappa shape index (κ3) is 2.30. The molecule has 0 spiro atoms. The highest BCUT2D eigenvalue weighted by Gasteiger charge is 2.22. The van der Waals surface area contributed by atoms with Crippen molar-refractivity contribution in [2.24, 2.45) is 0 Å². The summed E-state index contributed by atoms with van der Waals surface area (Å²) in [5, 5.41) is 13.1. The van der Waals surface area contributed by atoms with Gasteiger partial charge in [0.05, 0.1) is 6.61 Å². The summed E-state index contributed by atoms with van der Waals surface area (Å²) in [6, 6.07) is 8.96. The van der Waals surface area contributed by atoms with Gasteiger partial charge in [-0.1, -0.05) is 24.6 Å². The number of thiophene rings is 1. The number of fused-ring (bicyclic) bond motifs is 1. The summed E-state index contributed by atoms with van der Waals surface area (Å²) in [4.78, 5) is 2.44. The van der Waals surface area contributed by atoms with Crippen LogP contribution in [0.1, 0.15) is 24.8 Å². The van der Waals surface area contributed by atoms with Gasteiger partial charge in [-0.3, -0.25) is 4.90 Å². The second-order valence-corrected chi connectivity index (χ2v) is 5.97. The molecule has 1 saturated heterocycles. The van der Waals surface area contributed by atoms with Crippen molar-refractivity contribution >= 4 is 21.4 Å². The molecule has 96 valence electrons. The minimum atomic E-state index is 0.294. The zero-order valence-corrected chi connectivity index (χ0v) is 11.3. The maximum absolute atomic E-state index is 9.46. The monoisotopic (exact) mass is 261 g/mol. The molecule has 0 bridgehead atoms. The van der Waals surface area contributed by atoms with Gasteiger partial charge in [0, 0.05) is 17.3 Å². The SMILES string of the molecule is OC[C@@H]1CCCCN1Cc1csc2ccccc12. The van der Waals surface area contributed by atoms with Gasteiger partial charge >= 0.3 is 0 Å². The maximum Gasteiger partial charge on any atom is 0.0586 e. The molecule has 1 aliphatic rings. The van der Waals surface area contributed by atoms with Crippen LogP contribution in [0.15, 0.2) is 29.6 Å². The van der Waals surface area contributed by atoms with Crippen molar-refractivity contribution in [2.45, 2.75) is 31.8 Å². The molecule has 18 heavy (non-hydrogen) atoms. The maximum atomic E-state index is 9.46. The number of benzene rings is 1. The highest BCUT2D eigenvalue weighted by Crippen LogP contribution is 2.28. The third-order valence-corrected chi connectivity index (χ3v) is 4.91. The Bertz CT molecular complexity index is 522. The van der Waals surface area contributed by atoms with E-state index in [1.165, 1.54) is 28.5 Å². The van der Waals surface area contributed by atoms with Crippen LogP contribution in [0.4, 0.5) is 0 Å². The van der Waals surface area contributed by atoms with E-state index in [9.17, 15) is 5.11 Å². The van der Waals surface area contributed by atoms with E-state index in [0.29, 0.717) is 12.6 Å². The average Bonchev–Trinajstić information content (AvgIpc) is 2.83. The van der Waals surface area contributed by atoms with Crippen LogP contribution in [-0.2, 0) is 6.54 Å². The number of hydrogen-bond acceptors (Lipinski definition) is 3. The molecule has 2 heterocycles. The van der Waals surface area contributed by atoms with Gasteiger partial charge in [0.2, 0.25) is 0 Å². The lowest BCUT2D eigenvalue weighted by molar-refractivity contribution is 0.0845. The van der Waals surface area contributed by atoms with Crippen LogP contribution >= 0.6 is 11.3 Å². The van der Waals surface area contributed by atoms with Gasteiger partial charge < -0.3 is 5.11 Å². The van der Waals surface area contributed by atoms with E-state index >= 15 is 0 Å². The fourth-order valence-corrected chi connectivity index (χ4v) is 3.80. The van der Waals surface area contributed by atoms with Gasteiger partial charge in [-0.2, -0.15) is 0 Å². The first-order chi connectivity index (χ1) is 8.88. The Balaban J connectivity index is 1.82. The number of hydrogen-bond donors (Lipinski definition) is 1. The zero-order valence-electron chi connectivity index (χ0n) is 10.5. The van der Waals surface area contributed by atoms with E-state index in [2.05, 4.69) is 34.5 Å². The van der Waals surface area contributed by atoms with Crippen molar-refractivity contribution in [1.29, 1.82) is 0 Å². The molecule has 1 aliphatic heterocycles. The molecule has 1 fully saturated rings. The van der Waals surface area contributed by atoms with E-state index in [1.54, 1.807) is 0 Å². The minimum Gasteiger partial charge on any atom is -0.395 e. The molecule has 1 N–H and O–H groups in total. The molecule has 2 aromatic rings. The molecule has 2 nitrogen and oxygen atoms in total. The summed E-state index contributed by atoms with van der Waals surface area (Å²) in [5.41, 5.74) is 1.41. The summed E-state index contributed by atoms with van der Waals surface area (Å²) in [5.74, 6) is 0. The minimum absolute atomic E-state index is 0.294. The molecule has 0 amide bonds. The van der Waals surface area contributed by atoms with Gasteiger partial charge in [0.25, 0.3) is 0 Å². The Hall–Kier alpha value is -0.900. The normalized spacial score (nSPS) is 21.5. The summed E-state index contributed by atoms with van der Waals surface area (Å²) in [6.07, 6.45) is 3.66. The van der Waals surface area contributed by atoms with Crippen LogP contribution in [0.25, 0.3) is 10.1 Å². The largest absolute Gasteiger partial charge is 0.395 e. The number of aliphatic hydroxyl groups excluding tert-OH is 1. The molecule has 0 radical (unpaired) electrons. The molecule has 1 aromatic carbocycles. The summed E-state index contributed by atoms with van der Waals surface area (Å²) >= 11 is 1.82. The van der Waals surface area contributed by atoms with Crippen LogP contribution in [0.2, 0.25) is 0 Å². The van der Waals surface area contributed by atoms with Crippen molar-refractivity contribution in [3.63, 3.8) is 0 Å². The van der Waals surface area contributed by atoms with E-state index in [1.807, 2.05) is 11.3 Å². The molecule has 0 unspecified atom stereocenters. The number of nitrogens with zero attached hydrogens (tertiary/aromatic N) is 1. The van der Waals surface area contributed by atoms with Crippen molar-refractivity contribution in [1.82, 2.24) is 4.90 Å². The Morgan fingerprint density at radius 3 is 3.06 bits per heavy atom. The van der Waals surface area contributed by atoms with Gasteiger partial charge in [0.1, 0.15) is 0 Å². The molecule has 1 atom stereocenters. The number of rotatable bonds is 3. The van der Waals surface area contributed by atoms with E-state index in [-0.39, 0.29) is 0 Å². The predicted molar refractivity (Wildman–Crippen MR) is 77.0 cm³/mol. The summed E-state index contributed by atoms with van der Waals surface area (Å²) in [7, 11) is 0. The smallest absolute Gasteiger partial charge is 0.0586 e. The lowest BCUT2D eigenvalue weighted by Crippen LogP contribution is -2.41. The van der Waals surface area contributed by atoms with Gasteiger partial charge in [-0.05, 0) is 41.8 Å². The Morgan fingerprint density at radius 2 is 2.17 bits per heavy atom. The van der Waals surface area contributed by atoms with Crippen molar-refractivity contribution in [3.8, 4) is 0 Å². The first kappa shape index (κ1) is 12.2. The van der Waals surface area contributed by atoms with Gasteiger partial charge in [-0.25, -0.2) is 0 Å². The number of likely N-dealkylation sites (tertiary alicyclic amines) is 1. The first-order valence-corrected chi connectivity index (χ1v) is 7.56. The fraction of sp³-hybridized carbons (Fsp3) is 0.467. The Labute approximate surface area is 112 Å². The van der Waals surface area contributed by atoms with Crippen LogP contribution in [0.5, 0.6) is 0 Å². The molecular weight excluding hydrogens is 242 g/mol. The zero-order chi connectivity index (χ0) is 12.4. The lowest BCUT2D eigenvalue weighted by Gasteiger charge is -2.34. The first-order valence-electron chi connectivity index (χ1n) is 6.68. The van der Waals surface area contributed by atoms with Crippen LogP contribution < -0.4 is 0 Å². The standard InChI is InChI=1S/C15H19NOS/c17-10-13-5-3-4-8-16(13)9-12-11-18-15-7-2-1-6-14(12)15/h1-2,6-7,11,13,17H,3-5,8-10H2/t13-/m0/s1.